The minimum atomic E-state index is -1.29. The van der Waals surface area contributed by atoms with Crippen molar-refractivity contribution in [2.45, 2.75) is 70.9 Å². The molecule has 0 saturated heterocycles. The number of rotatable bonds is 54. The Kier molecular flexibility index (Phi) is 37.4. The predicted octanol–water partition coefficient (Wildman–Crippen LogP) is -0.480. The molecule has 0 bridgehead atoms. The van der Waals surface area contributed by atoms with E-state index in [0.29, 0.717) is 202 Å². The molecule has 0 aliphatic carbocycles. The molecule has 4 aromatic rings. The molecule has 2 heterocycles. The van der Waals surface area contributed by atoms with E-state index in [1.54, 1.807) is 12.1 Å². The number of aromatic amines is 1. The number of carbonyl (C=O) groups excluding carboxylic acids is 4. The van der Waals surface area contributed by atoms with Gasteiger partial charge in [-0.05, 0) is 75.8 Å². The summed E-state index contributed by atoms with van der Waals surface area (Å²) in [5, 5.41) is 26.8. The fraction of sp³-hybridized carbons (Fsp3) is 0.632. The number of carbonyl (C=O) groups is 5. The molecular formula is C57H89N13O18. The van der Waals surface area contributed by atoms with Gasteiger partial charge in [0.1, 0.15) is 17.4 Å². The summed E-state index contributed by atoms with van der Waals surface area (Å²) >= 11 is 0. The van der Waals surface area contributed by atoms with Crippen molar-refractivity contribution in [2.24, 2.45) is 5.73 Å². The first-order valence-corrected chi connectivity index (χ1v) is 29.7. The van der Waals surface area contributed by atoms with Gasteiger partial charge in [-0.25, -0.2) is 14.8 Å². The van der Waals surface area contributed by atoms with E-state index in [2.05, 4.69) is 51.8 Å². The zero-order valence-electron chi connectivity index (χ0n) is 50.3. The Hall–Kier alpha value is -7.33. The van der Waals surface area contributed by atoms with E-state index in [9.17, 15) is 43.5 Å². The average Bonchev–Trinajstić information content (AvgIpc) is 2.35. The number of nitrogens with two attached hydrogens (primary N) is 2. The number of anilines is 4. The summed E-state index contributed by atoms with van der Waals surface area (Å²) in [6, 6.07) is 4.98. The fourth-order valence-corrected chi connectivity index (χ4v) is 7.90. The van der Waals surface area contributed by atoms with Gasteiger partial charge in [0.05, 0.1) is 104 Å². The lowest BCUT2D eigenvalue weighted by Gasteiger charge is -2.20. The van der Waals surface area contributed by atoms with Crippen molar-refractivity contribution in [3.63, 3.8) is 0 Å². The van der Waals surface area contributed by atoms with Crippen LogP contribution in [0.2, 0.25) is 0 Å². The molecule has 0 radical (unpaired) electrons. The Balaban J connectivity index is 0.881. The fourth-order valence-electron chi connectivity index (χ4n) is 7.90. The van der Waals surface area contributed by atoms with Crippen molar-refractivity contribution in [3.8, 4) is 0 Å². The zero-order valence-corrected chi connectivity index (χ0v) is 50.3. The van der Waals surface area contributed by atoms with Crippen LogP contribution >= 0.6 is 0 Å². The highest BCUT2D eigenvalue weighted by Gasteiger charge is 2.23. The molecule has 1 unspecified atom stereocenters. The monoisotopic (exact) mass is 1240 g/mol. The van der Waals surface area contributed by atoms with Gasteiger partial charge in [0.2, 0.25) is 23.7 Å². The lowest BCUT2D eigenvalue weighted by molar-refractivity contribution is -0.139. The van der Waals surface area contributed by atoms with Gasteiger partial charge < -0.3 is 96.0 Å². The van der Waals surface area contributed by atoms with Crippen LogP contribution < -0.4 is 59.8 Å². The summed E-state index contributed by atoms with van der Waals surface area (Å²) in [7, 11) is 0. The standard InChI is InChI=1S/C57H89N13O18/c1-41(71)70(40-47(73)61-16-4-22-82-28-33-86-32-26-80-20-2-14-58)19-7-25-85-31-37-88-36-30-84-24-6-18-63-49-48(51(74)52(49)75)62-17-5-23-83-29-35-87-34-27-81-21-3-15-60-46(72)13-12-45(56(78)79)67-54(76)42-8-10-43(11-9-42)64-38-44-39-65-53-50(66-44)55(77)69-57(59)68-53/h8-11,39,45,62-64H,2-7,12-38,40,58H2,1H3,(H,60,72)(H,61,73)(H,67,76)(H,78,79)(H3,59,65,68,69,77). The SMILES string of the molecule is CC(=O)N(CCCOCCOCCOCCCNc1c(NCCCOCCOCCOCCCNC(=O)CCC(NC(=O)c2ccc(NCc3cnc4nc(N)[nH]c(=O)c4n3)cc2)C(=O)O)c(=O)c1=O)CC(=O)NCCCOCCOCCOCCCN. The molecule has 31 heteroatoms. The third-order valence-corrected chi connectivity index (χ3v) is 12.6. The second-order valence-electron chi connectivity index (χ2n) is 19.6. The minimum Gasteiger partial charge on any atom is -0.480 e. The van der Waals surface area contributed by atoms with Gasteiger partial charge >= 0.3 is 5.97 Å². The van der Waals surface area contributed by atoms with Crippen LogP contribution in [0.1, 0.15) is 74.3 Å². The summed E-state index contributed by atoms with van der Waals surface area (Å²) in [4.78, 5) is 114. The maximum Gasteiger partial charge on any atom is 0.326 e. The van der Waals surface area contributed by atoms with Gasteiger partial charge in [0, 0.05) is 97.0 Å². The summed E-state index contributed by atoms with van der Waals surface area (Å²) in [5.74, 6) is -2.76. The van der Waals surface area contributed by atoms with Gasteiger partial charge in [-0.1, -0.05) is 0 Å². The van der Waals surface area contributed by atoms with Crippen molar-refractivity contribution in [1.29, 1.82) is 0 Å². The first-order chi connectivity index (χ1) is 42.8. The summed E-state index contributed by atoms with van der Waals surface area (Å²) in [5.41, 5.74) is 11.3. The number of hydrogen-bond acceptors (Lipinski definition) is 25. The number of nitrogens with zero attached hydrogens (tertiary/aromatic N) is 4. The number of ether oxygens (including phenoxy) is 9. The highest BCUT2D eigenvalue weighted by atomic mass is 16.6. The van der Waals surface area contributed by atoms with Gasteiger partial charge in [-0.3, -0.25) is 38.5 Å². The van der Waals surface area contributed by atoms with Crippen molar-refractivity contribution in [2.75, 3.05) is 186 Å². The number of carboxylic acids is 1. The number of aromatic nitrogens is 4. The third-order valence-electron chi connectivity index (χ3n) is 12.6. The minimum absolute atomic E-state index is 0.0290. The van der Waals surface area contributed by atoms with E-state index < -0.39 is 34.3 Å². The topological polar surface area (TPSA) is 422 Å². The van der Waals surface area contributed by atoms with Crippen LogP contribution in [0.25, 0.3) is 11.2 Å². The van der Waals surface area contributed by atoms with Crippen LogP contribution in [0.15, 0.2) is 44.8 Å². The molecule has 0 aliphatic rings. The molecule has 0 saturated carbocycles. The van der Waals surface area contributed by atoms with Crippen molar-refractivity contribution in [3.05, 3.63) is 72.5 Å². The van der Waals surface area contributed by atoms with Crippen molar-refractivity contribution < 1.29 is 71.7 Å². The molecular weight excluding hydrogens is 1150 g/mol. The molecule has 0 fully saturated rings. The number of fused-ring (bicyclic) bond motifs is 1. The summed E-state index contributed by atoms with van der Waals surface area (Å²) in [6.45, 7) is 11.7. The maximum absolute atomic E-state index is 12.9. The Morgan fingerprint density at radius 3 is 1.56 bits per heavy atom. The first kappa shape index (κ1) is 73.1. The Bertz CT molecular complexity index is 2790. The van der Waals surface area contributed by atoms with E-state index >= 15 is 0 Å². The van der Waals surface area contributed by atoms with Crippen LogP contribution in [0.4, 0.5) is 23.0 Å². The van der Waals surface area contributed by atoms with Gasteiger partial charge in [0.15, 0.2) is 11.2 Å². The number of nitrogens with one attached hydrogen (secondary N) is 7. The van der Waals surface area contributed by atoms with Gasteiger partial charge in [-0.2, -0.15) is 4.98 Å². The molecule has 0 aliphatic heterocycles. The lowest BCUT2D eigenvalue weighted by Crippen LogP contribution is -2.41. The van der Waals surface area contributed by atoms with Crippen LogP contribution in [0.5, 0.6) is 0 Å². The maximum atomic E-state index is 12.9. The van der Waals surface area contributed by atoms with Gasteiger partial charge in [0.25, 0.3) is 22.3 Å². The second kappa shape index (κ2) is 45.0. The van der Waals surface area contributed by atoms with E-state index in [1.165, 1.54) is 30.2 Å². The Labute approximate surface area is 510 Å². The van der Waals surface area contributed by atoms with Gasteiger partial charge in [-0.15, -0.1) is 0 Å². The average molecular weight is 1240 g/mol. The number of carboxylic acid groups (broad SMARTS) is 1. The number of benzene rings is 1. The summed E-state index contributed by atoms with van der Waals surface area (Å²) < 4.78 is 49.7. The number of hydrogen-bond donors (Lipinski definition) is 10. The molecule has 4 amide bonds. The number of H-pyrrole nitrogens is 1. The third kappa shape index (κ3) is 31.0. The number of nitrogen functional groups attached to an aromatic ring is 1. The van der Waals surface area contributed by atoms with Crippen LogP contribution in [-0.4, -0.2) is 230 Å². The molecule has 31 nitrogen and oxygen atoms in total. The van der Waals surface area contributed by atoms with Crippen LogP contribution in [0.3, 0.4) is 0 Å². The van der Waals surface area contributed by atoms with Crippen LogP contribution in [0, 0.1) is 0 Å². The van der Waals surface area contributed by atoms with E-state index in [1.807, 2.05) is 0 Å². The predicted molar refractivity (Wildman–Crippen MR) is 325 cm³/mol. The molecule has 12 N–H and O–H groups in total. The molecule has 88 heavy (non-hydrogen) atoms. The van der Waals surface area contributed by atoms with Crippen molar-refractivity contribution >= 4 is 63.8 Å². The first-order valence-electron chi connectivity index (χ1n) is 29.7. The summed E-state index contributed by atoms with van der Waals surface area (Å²) in [6.07, 6.45) is 4.95. The Morgan fingerprint density at radius 2 is 1.07 bits per heavy atom. The normalized spacial score (nSPS) is 11.6. The molecule has 4 rings (SSSR count). The molecule has 490 valence electrons. The highest BCUT2D eigenvalue weighted by Crippen LogP contribution is 2.15. The highest BCUT2D eigenvalue weighted by molar-refractivity contribution is 5.97. The molecule has 0 spiro atoms. The van der Waals surface area contributed by atoms with Crippen LogP contribution in [-0.2, 0) is 68.4 Å². The van der Waals surface area contributed by atoms with E-state index in [0.717, 1.165) is 6.42 Å². The number of aliphatic carboxylic acids is 1. The zero-order chi connectivity index (χ0) is 63.4. The van der Waals surface area contributed by atoms with E-state index in [-0.39, 0.29) is 77.7 Å². The second-order valence-corrected chi connectivity index (χ2v) is 19.6. The van der Waals surface area contributed by atoms with E-state index in [4.69, 9.17) is 54.1 Å². The molecule has 2 aromatic heterocycles. The molecule has 1 atom stereocenters. The smallest absolute Gasteiger partial charge is 0.326 e. The lowest BCUT2D eigenvalue weighted by atomic mass is 10.1. The van der Waals surface area contributed by atoms with Crippen molar-refractivity contribution in [1.82, 2.24) is 40.8 Å². The molecule has 2 aromatic carbocycles. The largest absolute Gasteiger partial charge is 0.480 e. The Morgan fingerprint density at radius 1 is 0.602 bits per heavy atom. The quantitative estimate of drug-likeness (QED) is 0.0197. The number of amides is 4.